The van der Waals surface area contributed by atoms with E-state index in [-0.39, 0.29) is 5.60 Å². The molecular formula is C18H17NO. The summed E-state index contributed by atoms with van der Waals surface area (Å²) in [5.41, 5.74) is 1.78. The van der Waals surface area contributed by atoms with Crippen molar-refractivity contribution in [3.05, 3.63) is 72.4 Å². The van der Waals surface area contributed by atoms with Gasteiger partial charge in [0.05, 0.1) is 5.52 Å². The molecule has 0 saturated heterocycles. The lowest BCUT2D eigenvalue weighted by Gasteiger charge is -2.27. The standard InChI is InChI=1S/C18H17NO/c1-18(2,15-8-4-3-5-9-15)20-16-10-11-17-14(13-16)7-6-12-19-17/h3-13H,1-2H3. The Labute approximate surface area is 119 Å². The van der Waals surface area contributed by atoms with E-state index in [9.17, 15) is 0 Å². The zero-order chi connectivity index (χ0) is 14.0. The molecule has 0 radical (unpaired) electrons. The van der Waals surface area contributed by atoms with Crippen molar-refractivity contribution in [3.63, 3.8) is 0 Å². The summed E-state index contributed by atoms with van der Waals surface area (Å²) in [4.78, 5) is 4.32. The molecule has 0 unspecified atom stereocenters. The fourth-order valence-electron chi connectivity index (χ4n) is 2.31. The summed E-state index contributed by atoms with van der Waals surface area (Å²) in [6, 6.07) is 20.2. The molecule has 0 aliphatic heterocycles. The van der Waals surface area contributed by atoms with Gasteiger partial charge in [-0.1, -0.05) is 36.4 Å². The third-order valence-electron chi connectivity index (χ3n) is 3.42. The van der Waals surface area contributed by atoms with E-state index in [1.165, 1.54) is 0 Å². The zero-order valence-electron chi connectivity index (χ0n) is 11.7. The quantitative estimate of drug-likeness (QED) is 0.691. The van der Waals surface area contributed by atoms with Crippen LogP contribution < -0.4 is 4.74 Å². The van der Waals surface area contributed by atoms with E-state index in [1.54, 1.807) is 6.20 Å². The van der Waals surface area contributed by atoms with Crippen LogP contribution in [0.3, 0.4) is 0 Å². The highest BCUT2D eigenvalue weighted by atomic mass is 16.5. The lowest BCUT2D eigenvalue weighted by Crippen LogP contribution is -2.25. The molecule has 1 aromatic heterocycles. The first-order chi connectivity index (χ1) is 9.65. The van der Waals surface area contributed by atoms with Gasteiger partial charge in [-0.25, -0.2) is 0 Å². The summed E-state index contributed by atoms with van der Waals surface area (Å²) in [6.07, 6.45) is 1.80. The van der Waals surface area contributed by atoms with Gasteiger partial charge in [0.1, 0.15) is 11.4 Å². The van der Waals surface area contributed by atoms with Crippen LogP contribution in [-0.4, -0.2) is 4.98 Å². The minimum Gasteiger partial charge on any atom is -0.483 e. The summed E-state index contributed by atoms with van der Waals surface area (Å²) in [6.45, 7) is 4.16. The summed E-state index contributed by atoms with van der Waals surface area (Å²) >= 11 is 0. The van der Waals surface area contributed by atoms with Gasteiger partial charge in [-0.2, -0.15) is 0 Å². The van der Waals surface area contributed by atoms with Gasteiger partial charge in [-0.15, -0.1) is 0 Å². The molecule has 0 aliphatic carbocycles. The lowest BCUT2D eigenvalue weighted by molar-refractivity contribution is 0.109. The van der Waals surface area contributed by atoms with Crippen LogP contribution in [0.5, 0.6) is 5.75 Å². The smallest absolute Gasteiger partial charge is 0.128 e. The first-order valence-electron chi connectivity index (χ1n) is 6.74. The van der Waals surface area contributed by atoms with Crippen molar-refractivity contribution in [1.82, 2.24) is 4.98 Å². The van der Waals surface area contributed by atoms with E-state index in [2.05, 4.69) is 31.0 Å². The first kappa shape index (κ1) is 12.7. The number of rotatable bonds is 3. The van der Waals surface area contributed by atoms with Crippen molar-refractivity contribution in [3.8, 4) is 5.75 Å². The fourth-order valence-corrected chi connectivity index (χ4v) is 2.31. The van der Waals surface area contributed by atoms with Crippen molar-refractivity contribution in [1.29, 1.82) is 0 Å². The van der Waals surface area contributed by atoms with Gasteiger partial charge < -0.3 is 4.74 Å². The number of aromatic nitrogens is 1. The fraction of sp³-hybridized carbons (Fsp3) is 0.167. The molecule has 0 N–H and O–H groups in total. The van der Waals surface area contributed by atoms with E-state index in [0.717, 1.165) is 22.2 Å². The Hall–Kier alpha value is -2.35. The van der Waals surface area contributed by atoms with Crippen LogP contribution in [0.15, 0.2) is 66.9 Å². The van der Waals surface area contributed by atoms with Gasteiger partial charge in [0.15, 0.2) is 0 Å². The molecule has 2 aromatic carbocycles. The van der Waals surface area contributed by atoms with Gasteiger partial charge in [-0.3, -0.25) is 4.98 Å². The number of pyridine rings is 1. The second kappa shape index (κ2) is 4.97. The molecule has 0 amide bonds. The summed E-state index contributed by atoms with van der Waals surface area (Å²) in [5.74, 6) is 0.861. The predicted molar refractivity (Wildman–Crippen MR) is 81.8 cm³/mol. The predicted octanol–water partition coefficient (Wildman–Crippen LogP) is 4.55. The van der Waals surface area contributed by atoms with Crippen LogP contribution in [0.1, 0.15) is 19.4 Å². The maximum atomic E-state index is 6.17. The van der Waals surface area contributed by atoms with E-state index < -0.39 is 0 Å². The number of fused-ring (bicyclic) bond motifs is 1. The van der Waals surface area contributed by atoms with E-state index in [0.29, 0.717) is 0 Å². The summed E-state index contributed by atoms with van der Waals surface area (Å²) < 4.78 is 6.17. The van der Waals surface area contributed by atoms with Crippen LogP contribution in [0.25, 0.3) is 10.9 Å². The maximum Gasteiger partial charge on any atom is 0.128 e. The van der Waals surface area contributed by atoms with Crippen molar-refractivity contribution in [2.24, 2.45) is 0 Å². The third-order valence-corrected chi connectivity index (χ3v) is 3.42. The second-order valence-electron chi connectivity index (χ2n) is 5.34. The SMILES string of the molecule is CC(C)(Oc1ccc2ncccc2c1)c1ccccc1. The van der Waals surface area contributed by atoms with Gasteiger partial charge in [0.2, 0.25) is 0 Å². The average Bonchev–Trinajstić information content (AvgIpc) is 2.48. The van der Waals surface area contributed by atoms with E-state index in [1.807, 2.05) is 48.5 Å². The highest BCUT2D eigenvalue weighted by molar-refractivity contribution is 5.79. The molecule has 3 aromatic rings. The third kappa shape index (κ3) is 2.50. The van der Waals surface area contributed by atoms with Crippen LogP contribution in [0.2, 0.25) is 0 Å². The molecule has 0 atom stereocenters. The molecule has 2 nitrogen and oxygen atoms in total. The topological polar surface area (TPSA) is 22.1 Å². The summed E-state index contributed by atoms with van der Waals surface area (Å²) in [7, 11) is 0. The molecule has 0 bridgehead atoms. The van der Waals surface area contributed by atoms with Crippen molar-refractivity contribution >= 4 is 10.9 Å². The number of hydrogen-bond donors (Lipinski definition) is 0. The van der Waals surface area contributed by atoms with Crippen LogP contribution in [0.4, 0.5) is 0 Å². The normalized spacial score (nSPS) is 11.5. The molecular weight excluding hydrogens is 246 g/mol. The zero-order valence-corrected chi connectivity index (χ0v) is 11.7. The van der Waals surface area contributed by atoms with Gasteiger partial charge >= 0.3 is 0 Å². The molecule has 100 valence electrons. The largest absolute Gasteiger partial charge is 0.483 e. The Bertz CT molecular complexity index is 720. The van der Waals surface area contributed by atoms with Crippen LogP contribution in [0, 0.1) is 0 Å². The van der Waals surface area contributed by atoms with Crippen molar-refractivity contribution in [2.75, 3.05) is 0 Å². The summed E-state index contributed by atoms with van der Waals surface area (Å²) in [5, 5.41) is 1.09. The Kier molecular flexibility index (Phi) is 3.15. The number of ether oxygens (including phenoxy) is 1. The Morgan fingerprint density at radius 1 is 0.900 bits per heavy atom. The Morgan fingerprint density at radius 2 is 1.70 bits per heavy atom. The number of hydrogen-bond acceptors (Lipinski definition) is 2. The molecule has 0 aliphatic rings. The van der Waals surface area contributed by atoms with Crippen LogP contribution in [-0.2, 0) is 5.60 Å². The van der Waals surface area contributed by atoms with Gasteiger partial charge in [0, 0.05) is 11.6 Å². The molecule has 20 heavy (non-hydrogen) atoms. The second-order valence-corrected chi connectivity index (χ2v) is 5.34. The Balaban J connectivity index is 1.92. The van der Waals surface area contributed by atoms with Gasteiger partial charge in [-0.05, 0) is 43.7 Å². The average molecular weight is 263 g/mol. The molecule has 2 heteroatoms. The lowest BCUT2D eigenvalue weighted by atomic mass is 9.98. The first-order valence-corrected chi connectivity index (χ1v) is 6.74. The Morgan fingerprint density at radius 3 is 2.50 bits per heavy atom. The highest BCUT2D eigenvalue weighted by Crippen LogP contribution is 2.29. The molecule has 1 heterocycles. The minimum atomic E-state index is -0.364. The van der Waals surface area contributed by atoms with Crippen LogP contribution >= 0.6 is 0 Å². The minimum absolute atomic E-state index is 0.364. The van der Waals surface area contributed by atoms with E-state index in [4.69, 9.17) is 4.74 Å². The molecule has 0 saturated carbocycles. The number of nitrogens with zero attached hydrogens (tertiary/aromatic N) is 1. The van der Waals surface area contributed by atoms with Crippen molar-refractivity contribution < 1.29 is 4.74 Å². The molecule has 0 spiro atoms. The highest BCUT2D eigenvalue weighted by Gasteiger charge is 2.22. The monoisotopic (exact) mass is 263 g/mol. The van der Waals surface area contributed by atoms with E-state index >= 15 is 0 Å². The maximum absolute atomic E-state index is 6.17. The van der Waals surface area contributed by atoms with Crippen molar-refractivity contribution in [2.45, 2.75) is 19.4 Å². The van der Waals surface area contributed by atoms with Gasteiger partial charge in [0.25, 0.3) is 0 Å². The molecule has 0 fully saturated rings. The molecule has 3 rings (SSSR count). The number of benzene rings is 2.